The number of benzene rings is 2. The maximum absolute atomic E-state index is 13.0. The molecule has 34 heavy (non-hydrogen) atoms. The van der Waals surface area contributed by atoms with E-state index in [0.717, 1.165) is 5.56 Å². The Balaban J connectivity index is 1.65. The molecule has 0 saturated carbocycles. The van der Waals surface area contributed by atoms with Crippen LogP contribution in [0.2, 0.25) is 15.1 Å². The highest BCUT2D eigenvalue weighted by Crippen LogP contribution is 2.33. The molecule has 0 aliphatic carbocycles. The Bertz CT molecular complexity index is 1360. The molecule has 2 N–H and O–H groups in total. The normalized spacial score (nSPS) is 10.7. The largest absolute Gasteiger partial charge is 0.290 e. The van der Waals surface area contributed by atoms with Crippen molar-refractivity contribution in [3.05, 3.63) is 98.9 Å². The summed E-state index contributed by atoms with van der Waals surface area (Å²) < 4.78 is 1.57. The van der Waals surface area contributed by atoms with Crippen LogP contribution in [-0.2, 0) is 11.2 Å². The molecule has 0 aliphatic rings. The molecule has 4 rings (SSSR count). The summed E-state index contributed by atoms with van der Waals surface area (Å²) in [6.07, 6.45) is 1.61. The fourth-order valence-corrected chi connectivity index (χ4v) is 4.00. The van der Waals surface area contributed by atoms with Crippen molar-refractivity contribution < 1.29 is 9.59 Å². The van der Waals surface area contributed by atoms with Crippen molar-refractivity contribution in [2.45, 2.75) is 13.3 Å². The minimum absolute atomic E-state index is 0.0188. The highest BCUT2D eigenvalue weighted by molar-refractivity contribution is 6.35. The summed E-state index contributed by atoms with van der Waals surface area (Å²) in [4.78, 5) is 29.3. The maximum atomic E-state index is 13.0. The summed E-state index contributed by atoms with van der Waals surface area (Å²) >= 11 is 18.6. The lowest BCUT2D eigenvalue weighted by Gasteiger charge is -2.11. The van der Waals surface area contributed by atoms with Gasteiger partial charge in [-0.05, 0) is 49.4 Å². The number of hydrogen-bond donors (Lipinski definition) is 2. The highest BCUT2D eigenvalue weighted by Gasteiger charge is 2.23. The van der Waals surface area contributed by atoms with Crippen LogP contribution in [-0.4, -0.2) is 26.6 Å². The van der Waals surface area contributed by atoms with E-state index in [1.54, 1.807) is 66.3 Å². The van der Waals surface area contributed by atoms with E-state index >= 15 is 0 Å². The fourth-order valence-electron chi connectivity index (χ4n) is 3.38. The van der Waals surface area contributed by atoms with E-state index < -0.39 is 11.8 Å². The smallest absolute Gasteiger partial charge is 0.273 e. The number of halogens is 3. The first kappa shape index (κ1) is 23.8. The predicted octanol–water partition coefficient (Wildman–Crippen LogP) is 5.21. The molecule has 2 heterocycles. The van der Waals surface area contributed by atoms with Crippen LogP contribution < -0.4 is 10.9 Å². The monoisotopic (exact) mass is 513 g/mol. The second kappa shape index (κ2) is 10.3. The lowest BCUT2D eigenvalue weighted by Crippen LogP contribution is -2.42. The molecule has 0 radical (unpaired) electrons. The number of amides is 2. The Kier molecular flexibility index (Phi) is 7.17. The first-order chi connectivity index (χ1) is 16.3. The third kappa shape index (κ3) is 5.22. The Morgan fingerprint density at radius 3 is 2.35 bits per heavy atom. The lowest BCUT2D eigenvalue weighted by atomic mass is 10.1. The maximum Gasteiger partial charge on any atom is 0.290 e. The molecule has 4 aromatic rings. The zero-order valence-corrected chi connectivity index (χ0v) is 20.1. The number of nitrogens with zero attached hydrogens (tertiary/aromatic N) is 3. The zero-order chi connectivity index (χ0) is 24.2. The van der Waals surface area contributed by atoms with E-state index in [1.807, 2.05) is 12.1 Å². The second-order valence-corrected chi connectivity index (χ2v) is 8.62. The third-order valence-electron chi connectivity index (χ3n) is 4.98. The second-order valence-electron chi connectivity index (χ2n) is 7.34. The number of pyridine rings is 1. The number of hydrogen-bond acceptors (Lipinski definition) is 4. The molecule has 2 aromatic carbocycles. The first-order valence-electron chi connectivity index (χ1n) is 10.1. The van der Waals surface area contributed by atoms with Gasteiger partial charge in [-0.25, -0.2) is 4.68 Å². The molecule has 0 saturated heterocycles. The van der Waals surface area contributed by atoms with Gasteiger partial charge in [-0.2, -0.15) is 5.10 Å². The van der Waals surface area contributed by atoms with E-state index in [-0.39, 0.29) is 12.1 Å². The van der Waals surface area contributed by atoms with Crippen LogP contribution in [0.3, 0.4) is 0 Å². The van der Waals surface area contributed by atoms with Crippen LogP contribution in [0, 0.1) is 6.92 Å². The molecule has 2 amide bonds. The molecule has 0 unspecified atom stereocenters. The van der Waals surface area contributed by atoms with Gasteiger partial charge < -0.3 is 0 Å². The van der Waals surface area contributed by atoms with E-state index in [2.05, 4.69) is 20.9 Å². The lowest BCUT2D eigenvalue weighted by molar-refractivity contribution is -0.121. The molecule has 10 heteroatoms. The third-order valence-corrected chi connectivity index (χ3v) is 5.77. The number of rotatable bonds is 5. The van der Waals surface area contributed by atoms with E-state index in [1.165, 1.54) is 0 Å². The van der Waals surface area contributed by atoms with Gasteiger partial charge in [0.15, 0.2) is 5.69 Å². The standard InChI is InChI=1S/C24H18Cl3N5O2/c1-14-22(24(34)30-29-21(33)13-18-4-2-3-11-28-18)31-32(20-10-9-17(26)12-19(20)27)23(14)15-5-7-16(25)8-6-15/h2-12H,13H2,1H3,(H,29,33)(H,30,34). The van der Waals surface area contributed by atoms with Gasteiger partial charge in [0.05, 0.1) is 22.8 Å². The number of carbonyl (C=O) groups excluding carboxylic acids is 2. The molecular weight excluding hydrogens is 497 g/mol. The van der Waals surface area contributed by atoms with Crippen molar-refractivity contribution in [1.82, 2.24) is 25.6 Å². The van der Waals surface area contributed by atoms with Crippen LogP contribution in [0.5, 0.6) is 0 Å². The molecule has 0 bridgehead atoms. The van der Waals surface area contributed by atoms with Crippen molar-refractivity contribution in [3.8, 4) is 16.9 Å². The van der Waals surface area contributed by atoms with E-state index in [4.69, 9.17) is 34.8 Å². The predicted molar refractivity (Wildman–Crippen MR) is 132 cm³/mol. The van der Waals surface area contributed by atoms with Crippen molar-refractivity contribution >= 4 is 46.6 Å². The quantitative estimate of drug-likeness (QED) is 0.358. The molecular formula is C24H18Cl3N5O2. The Hall–Kier alpha value is -3.39. The number of aromatic nitrogens is 3. The summed E-state index contributed by atoms with van der Waals surface area (Å²) in [5.74, 6) is -0.992. The SMILES string of the molecule is Cc1c(C(=O)NNC(=O)Cc2ccccn2)nn(-c2ccc(Cl)cc2Cl)c1-c1ccc(Cl)cc1. The number of hydrazine groups is 1. The molecule has 0 atom stereocenters. The molecule has 7 nitrogen and oxygen atoms in total. The van der Waals surface area contributed by atoms with Crippen molar-refractivity contribution in [3.63, 3.8) is 0 Å². The van der Waals surface area contributed by atoms with Crippen molar-refractivity contribution in [1.29, 1.82) is 0 Å². The molecule has 2 aromatic heterocycles. The van der Waals surface area contributed by atoms with Crippen LogP contribution in [0.15, 0.2) is 66.9 Å². The van der Waals surface area contributed by atoms with Crippen LogP contribution in [0.1, 0.15) is 21.7 Å². The van der Waals surface area contributed by atoms with Gasteiger partial charge in [-0.3, -0.25) is 25.4 Å². The van der Waals surface area contributed by atoms with Gasteiger partial charge in [0, 0.05) is 33.1 Å². The Morgan fingerprint density at radius 1 is 0.941 bits per heavy atom. The molecule has 0 fully saturated rings. The fraction of sp³-hybridized carbons (Fsp3) is 0.0833. The number of carbonyl (C=O) groups is 2. The van der Waals surface area contributed by atoms with Crippen LogP contribution in [0.25, 0.3) is 16.9 Å². The minimum Gasteiger partial charge on any atom is -0.273 e. The van der Waals surface area contributed by atoms with Crippen LogP contribution in [0.4, 0.5) is 0 Å². The Labute approximate surface area is 210 Å². The molecule has 0 aliphatic heterocycles. The summed E-state index contributed by atoms with van der Waals surface area (Å²) in [5.41, 5.74) is 8.07. The average Bonchev–Trinajstić information content (AvgIpc) is 3.15. The van der Waals surface area contributed by atoms with Gasteiger partial charge in [0.2, 0.25) is 5.91 Å². The summed E-state index contributed by atoms with van der Waals surface area (Å²) in [6, 6.07) is 17.4. The minimum atomic E-state index is -0.578. The van der Waals surface area contributed by atoms with Gasteiger partial charge in [0.25, 0.3) is 5.91 Å². The van der Waals surface area contributed by atoms with Crippen molar-refractivity contribution in [2.24, 2.45) is 0 Å². The van der Waals surface area contributed by atoms with Gasteiger partial charge in [-0.15, -0.1) is 0 Å². The number of nitrogens with one attached hydrogen (secondary N) is 2. The molecule has 172 valence electrons. The average molecular weight is 515 g/mol. The van der Waals surface area contributed by atoms with Gasteiger partial charge in [-0.1, -0.05) is 53.0 Å². The summed E-state index contributed by atoms with van der Waals surface area (Å²) in [6.45, 7) is 1.77. The van der Waals surface area contributed by atoms with Gasteiger partial charge in [0.1, 0.15) is 0 Å². The summed E-state index contributed by atoms with van der Waals surface area (Å²) in [7, 11) is 0. The summed E-state index contributed by atoms with van der Waals surface area (Å²) in [5, 5.41) is 5.92. The first-order valence-corrected chi connectivity index (χ1v) is 11.3. The topological polar surface area (TPSA) is 88.9 Å². The van der Waals surface area contributed by atoms with Crippen LogP contribution >= 0.6 is 34.8 Å². The van der Waals surface area contributed by atoms with E-state index in [9.17, 15) is 9.59 Å². The Morgan fingerprint density at radius 2 is 1.68 bits per heavy atom. The van der Waals surface area contributed by atoms with Crippen molar-refractivity contribution in [2.75, 3.05) is 0 Å². The molecule has 0 spiro atoms. The highest BCUT2D eigenvalue weighted by atomic mass is 35.5. The van der Waals surface area contributed by atoms with E-state index in [0.29, 0.717) is 37.7 Å². The van der Waals surface area contributed by atoms with Gasteiger partial charge >= 0.3 is 0 Å². The zero-order valence-electron chi connectivity index (χ0n) is 17.8.